The molecule has 0 amide bonds. The Hall–Kier alpha value is -3.72. The summed E-state index contributed by atoms with van der Waals surface area (Å²) >= 11 is 0. The smallest absolute Gasteiger partial charge is 0.475 e. The number of esters is 2. The summed E-state index contributed by atoms with van der Waals surface area (Å²) in [5, 5.41) is 8.68. The minimum Gasteiger partial charge on any atom is -0.475 e. The Morgan fingerprint density at radius 2 is 1.76 bits per heavy atom. The van der Waals surface area contributed by atoms with Crippen molar-refractivity contribution in [2.24, 2.45) is 0 Å². The van der Waals surface area contributed by atoms with Crippen LogP contribution in [0.2, 0.25) is 0 Å². The monoisotopic (exact) mass is 489 g/mol. The summed E-state index contributed by atoms with van der Waals surface area (Å²) in [5.74, 6) is -3.93. The number of ether oxygens (including phenoxy) is 4. The molecular formula is C17H13F6NO9. The standard InChI is InChI=1S/C17H13F6NO9/c1-8-4-10(33-17(21,22)23)5-9-6-11(14(16(18,19)20)32-13(8)9)15(26)30-3-2-29-12(25)7-31-24(27)28/h4-6,14H,2-3,7H2,1H3/t14-/m0/s1. The first-order chi connectivity index (χ1) is 15.2. The first kappa shape index (κ1) is 25.5. The number of alkyl halides is 6. The lowest BCUT2D eigenvalue weighted by molar-refractivity contribution is -0.754. The van der Waals surface area contributed by atoms with Gasteiger partial charge in [0.2, 0.25) is 6.10 Å². The van der Waals surface area contributed by atoms with E-state index < -0.39 is 72.6 Å². The van der Waals surface area contributed by atoms with Crippen LogP contribution in [-0.2, 0) is 23.9 Å². The molecule has 0 radical (unpaired) electrons. The second-order valence-electron chi connectivity index (χ2n) is 6.20. The maximum Gasteiger partial charge on any atom is 0.573 e. The predicted octanol–water partition coefficient (Wildman–Crippen LogP) is 2.90. The number of rotatable bonds is 8. The van der Waals surface area contributed by atoms with E-state index in [1.165, 1.54) is 6.92 Å². The van der Waals surface area contributed by atoms with Gasteiger partial charge in [0, 0.05) is 5.56 Å². The van der Waals surface area contributed by atoms with Crippen LogP contribution in [0.3, 0.4) is 0 Å². The van der Waals surface area contributed by atoms with Gasteiger partial charge in [-0.2, -0.15) is 13.2 Å². The third kappa shape index (κ3) is 7.43. The summed E-state index contributed by atoms with van der Waals surface area (Å²) in [6.07, 6.45) is -12.3. The van der Waals surface area contributed by atoms with Crippen LogP contribution in [-0.4, -0.2) is 55.5 Å². The minimum absolute atomic E-state index is 0.117. The number of nitrogens with zero attached hydrogens (tertiary/aromatic N) is 1. The highest BCUT2D eigenvalue weighted by Crippen LogP contribution is 2.41. The van der Waals surface area contributed by atoms with E-state index in [0.29, 0.717) is 6.08 Å². The van der Waals surface area contributed by atoms with Crippen molar-refractivity contribution in [2.45, 2.75) is 25.6 Å². The van der Waals surface area contributed by atoms with Gasteiger partial charge in [0.15, 0.2) is 6.61 Å². The van der Waals surface area contributed by atoms with E-state index in [1.54, 1.807) is 0 Å². The maximum absolute atomic E-state index is 13.4. The van der Waals surface area contributed by atoms with Crippen molar-refractivity contribution >= 4 is 18.0 Å². The number of benzene rings is 1. The Kier molecular flexibility index (Phi) is 7.60. The highest BCUT2D eigenvalue weighted by Gasteiger charge is 2.49. The Bertz CT molecular complexity index is 958. The van der Waals surface area contributed by atoms with Crippen molar-refractivity contribution in [1.29, 1.82) is 0 Å². The maximum atomic E-state index is 13.4. The lowest BCUT2D eigenvalue weighted by Crippen LogP contribution is -2.41. The van der Waals surface area contributed by atoms with Crippen LogP contribution in [0.1, 0.15) is 11.1 Å². The van der Waals surface area contributed by atoms with Gasteiger partial charge in [0.25, 0.3) is 5.09 Å². The molecule has 0 aromatic heterocycles. The Labute approximate surface area is 179 Å². The molecule has 0 aliphatic carbocycles. The molecule has 16 heteroatoms. The number of carbonyl (C=O) groups excluding carboxylic acids is 2. The normalized spacial score (nSPS) is 15.5. The summed E-state index contributed by atoms with van der Waals surface area (Å²) in [4.78, 5) is 37.0. The zero-order chi connectivity index (χ0) is 25.0. The van der Waals surface area contributed by atoms with Crippen molar-refractivity contribution < 1.29 is 64.8 Å². The molecule has 1 aromatic rings. The minimum atomic E-state index is -5.09. The fourth-order valence-electron chi connectivity index (χ4n) is 2.58. The number of hydrogen-bond acceptors (Lipinski definition) is 9. The first-order valence-electron chi connectivity index (χ1n) is 8.63. The van der Waals surface area contributed by atoms with E-state index in [2.05, 4.69) is 19.0 Å². The molecule has 0 saturated heterocycles. The van der Waals surface area contributed by atoms with Crippen LogP contribution in [0.25, 0.3) is 6.08 Å². The van der Waals surface area contributed by atoms with Gasteiger partial charge in [-0.25, -0.2) is 9.59 Å². The largest absolute Gasteiger partial charge is 0.573 e. The lowest BCUT2D eigenvalue weighted by Gasteiger charge is -2.29. The van der Waals surface area contributed by atoms with Crippen molar-refractivity contribution in [2.75, 3.05) is 19.8 Å². The number of fused-ring (bicyclic) bond motifs is 1. The van der Waals surface area contributed by atoms with Gasteiger partial charge in [-0.3, -0.25) is 0 Å². The van der Waals surface area contributed by atoms with E-state index in [1.807, 2.05) is 0 Å². The third-order valence-electron chi connectivity index (χ3n) is 3.74. The van der Waals surface area contributed by atoms with Gasteiger partial charge in [0.1, 0.15) is 24.7 Å². The van der Waals surface area contributed by atoms with Crippen molar-refractivity contribution in [3.8, 4) is 11.5 Å². The molecule has 0 fully saturated rings. The van der Waals surface area contributed by atoms with Gasteiger partial charge in [-0.05, 0) is 30.7 Å². The van der Waals surface area contributed by atoms with E-state index in [4.69, 9.17) is 4.74 Å². The summed E-state index contributed by atoms with van der Waals surface area (Å²) in [7, 11) is 0. The highest BCUT2D eigenvalue weighted by atomic mass is 19.4. The van der Waals surface area contributed by atoms with Gasteiger partial charge in [-0.15, -0.1) is 23.3 Å². The van der Waals surface area contributed by atoms with Crippen LogP contribution >= 0.6 is 0 Å². The van der Waals surface area contributed by atoms with Crippen LogP contribution < -0.4 is 9.47 Å². The molecule has 0 bridgehead atoms. The van der Waals surface area contributed by atoms with E-state index in [9.17, 15) is 46.0 Å². The zero-order valence-corrected chi connectivity index (χ0v) is 16.3. The molecule has 2 rings (SSSR count). The molecule has 182 valence electrons. The highest BCUT2D eigenvalue weighted by molar-refractivity contribution is 5.96. The molecule has 1 heterocycles. The number of carbonyl (C=O) groups is 2. The fraction of sp³-hybridized carbons (Fsp3) is 0.412. The van der Waals surface area contributed by atoms with Crippen LogP contribution in [0.15, 0.2) is 17.7 Å². The van der Waals surface area contributed by atoms with Crippen LogP contribution in [0.4, 0.5) is 26.3 Å². The zero-order valence-electron chi connectivity index (χ0n) is 16.3. The third-order valence-corrected chi connectivity index (χ3v) is 3.74. The number of halogens is 6. The summed E-state index contributed by atoms with van der Waals surface area (Å²) in [5.41, 5.74) is -1.50. The Balaban J connectivity index is 2.17. The molecule has 10 nitrogen and oxygen atoms in total. The van der Waals surface area contributed by atoms with Gasteiger partial charge >= 0.3 is 24.5 Å². The van der Waals surface area contributed by atoms with Gasteiger partial charge in [0.05, 0.1) is 5.57 Å². The van der Waals surface area contributed by atoms with E-state index >= 15 is 0 Å². The topological polar surface area (TPSA) is 123 Å². The van der Waals surface area contributed by atoms with E-state index in [-0.39, 0.29) is 11.1 Å². The molecule has 0 unspecified atom stereocenters. The second kappa shape index (κ2) is 9.83. The Morgan fingerprint density at radius 1 is 1.12 bits per heavy atom. The number of aryl methyl sites for hydroxylation is 1. The van der Waals surface area contributed by atoms with Crippen LogP contribution in [0, 0.1) is 17.0 Å². The van der Waals surface area contributed by atoms with E-state index in [0.717, 1.165) is 12.1 Å². The lowest BCUT2D eigenvalue weighted by atomic mass is 9.99. The molecule has 0 spiro atoms. The van der Waals surface area contributed by atoms with Crippen LogP contribution in [0.5, 0.6) is 11.5 Å². The quantitative estimate of drug-likeness (QED) is 0.178. The summed E-state index contributed by atoms with van der Waals surface area (Å²) in [6.45, 7) is -1.29. The number of hydrogen-bond donors (Lipinski definition) is 0. The van der Waals surface area contributed by atoms with Crippen molar-refractivity contribution in [3.63, 3.8) is 0 Å². The fourth-order valence-corrected chi connectivity index (χ4v) is 2.58. The molecule has 0 N–H and O–H groups in total. The van der Waals surface area contributed by atoms with Crippen molar-refractivity contribution in [3.05, 3.63) is 38.9 Å². The SMILES string of the molecule is Cc1cc(OC(F)(F)F)cc2c1O[C@H](C(F)(F)F)C(C(=O)OCCOC(=O)CO[N+](=O)[O-])=C2. The molecule has 1 aliphatic heterocycles. The average Bonchev–Trinajstić information content (AvgIpc) is 2.66. The average molecular weight is 489 g/mol. The summed E-state index contributed by atoms with van der Waals surface area (Å²) < 4.78 is 95.4. The molecule has 33 heavy (non-hydrogen) atoms. The van der Waals surface area contributed by atoms with Gasteiger partial charge in [-0.1, -0.05) is 0 Å². The molecule has 1 aromatic carbocycles. The Morgan fingerprint density at radius 3 is 2.33 bits per heavy atom. The predicted molar refractivity (Wildman–Crippen MR) is 91.2 cm³/mol. The molecular weight excluding hydrogens is 476 g/mol. The second-order valence-corrected chi connectivity index (χ2v) is 6.20. The summed E-state index contributed by atoms with van der Waals surface area (Å²) in [6, 6.07) is 1.54. The molecule has 0 saturated carbocycles. The van der Waals surface area contributed by atoms with Gasteiger partial charge < -0.3 is 23.8 Å². The molecule has 1 atom stereocenters. The van der Waals surface area contributed by atoms with Crippen molar-refractivity contribution in [1.82, 2.24) is 0 Å². The molecule has 1 aliphatic rings. The first-order valence-corrected chi connectivity index (χ1v) is 8.63.